The molecule has 0 aromatic heterocycles. The third-order valence-electron chi connectivity index (χ3n) is 4.81. The number of piperidine rings is 1. The van der Waals surface area contributed by atoms with Crippen LogP contribution in [0.2, 0.25) is 0 Å². The molecule has 2 aliphatic heterocycles. The van der Waals surface area contributed by atoms with Gasteiger partial charge in [-0.25, -0.2) is 4.79 Å². The number of hydrogen-bond acceptors (Lipinski definition) is 3. The Morgan fingerprint density at radius 1 is 1.29 bits per heavy atom. The Morgan fingerprint density at radius 3 is 2.88 bits per heavy atom. The second kappa shape index (κ2) is 7.66. The highest BCUT2D eigenvalue weighted by molar-refractivity contribution is 5.84. The van der Waals surface area contributed by atoms with Crippen LogP contribution in [-0.2, 0) is 17.8 Å². The van der Waals surface area contributed by atoms with Crippen molar-refractivity contribution in [1.29, 1.82) is 0 Å². The van der Waals surface area contributed by atoms with E-state index in [9.17, 15) is 9.59 Å². The summed E-state index contributed by atoms with van der Waals surface area (Å²) < 4.78 is 0. The maximum absolute atomic E-state index is 12.3. The fourth-order valence-corrected chi connectivity index (χ4v) is 3.48. The van der Waals surface area contributed by atoms with Crippen molar-refractivity contribution >= 4 is 11.9 Å². The van der Waals surface area contributed by atoms with Crippen LogP contribution in [0.3, 0.4) is 0 Å². The fourth-order valence-electron chi connectivity index (χ4n) is 3.48. The van der Waals surface area contributed by atoms with Crippen molar-refractivity contribution in [2.75, 3.05) is 19.6 Å². The smallest absolute Gasteiger partial charge is 0.318 e. The largest absolute Gasteiger partial charge is 0.352 e. The molecule has 130 valence electrons. The molecule has 2 heterocycles. The number of carbonyl (C=O) groups excluding carboxylic acids is 2. The van der Waals surface area contributed by atoms with Gasteiger partial charge in [0.2, 0.25) is 5.91 Å². The molecular weight excluding hydrogens is 304 g/mol. The van der Waals surface area contributed by atoms with Crippen molar-refractivity contribution in [2.24, 2.45) is 0 Å². The lowest BCUT2D eigenvalue weighted by Crippen LogP contribution is -2.50. The van der Waals surface area contributed by atoms with Crippen molar-refractivity contribution < 1.29 is 9.59 Å². The third kappa shape index (κ3) is 4.26. The summed E-state index contributed by atoms with van der Waals surface area (Å²) in [6.07, 6.45) is 2.73. The average molecular weight is 330 g/mol. The van der Waals surface area contributed by atoms with Gasteiger partial charge in [-0.15, -0.1) is 0 Å². The number of benzene rings is 1. The molecule has 1 fully saturated rings. The number of fused-ring (bicyclic) bond motifs is 1. The maximum Gasteiger partial charge on any atom is 0.318 e. The zero-order valence-electron chi connectivity index (χ0n) is 14.2. The second-order valence-electron chi connectivity index (χ2n) is 6.74. The van der Waals surface area contributed by atoms with Crippen molar-refractivity contribution in [3.05, 3.63) is 35.4 Å². The predicted molar refractivity (Wildman–Crippen MR) is 92.6 cm³/mol. The number of urea groups is 1. The molecule has 6 heteroatoms. The van der Waals surface area contributed by atoms with Gasteiger partial charge < -0.3 is 20.9 Å². The van der Waals surface area contributed by atoms with E-state index in [0.717, 1.165) is 25.8 Å². The number of rotatable bonds is 3. The van der Waals surface area contributed by atoms with Crippen LogP contribution < -0.4 is 16.0 Å². The van der Waals surface area contributed by atoms with Gasteiger partial charge in [0.05, 0.1) is 6.54 Å². The van der Waals surface area contributed by atoms with Gasteiger partial charge in [-0.3, -0.25) is 4.79 Å². The first kappa shape index (κ1) is 16.8. The topological polar surface area (TPSA) is 73.5 Å². The van der Waals surface area contributed by atoms with Gasteiger partial charge >= 0.3 is 6.03 Å². The molecule has 2 unspecified atom stereocenters. The van der Waals surface area contributed by atoms with Gasteiger partial charge in [0.25, 0.3) is 0 Å². The third-order valence-corrected chi connectivity index (χ3v) is 4.81. The van der Waals surface area contributed by atoms with E-state index < -0.39 is 0 Å². The van der Waals surface area contributed by atoms with Crippen molar-refractivity contribution in [3.63, 3.8) is 0 Å². The van der Waals surface area contributed by atoms with Gasteiger partial charge in [-0.05, 0) is 43.9 Å². The van der Waals surface area contributed by atoms with E-state index in [1.807, 2.05) is 12.1 Å². The minimum absolute atomic E-state index is 0.0370. The lowest BCUT2D eigenvalue weighted by atomic mass is 10.0. The highest BCUT2D eigenvalue weighted by atomic mass is 16.2. The molecule has 1 aromatic carbocycles. The van der Waals surface area contributed by atoms with Crippen LogP contribution in [0.15, 0.2) is 24.3 Å². The standard InChI is InChI=1S/C18H26N4O2/c1-13-10-16(6-8-19-13)21-17(23)11-20-18(24)22-9-7-14-4-2-3-5-15(14)12-22/h2-5,13,16,19H,6-12H2,1H3,(H,20,24)(H,21,23). The molecule has 1 saturated heterocycles. The molecule has 0 bridgehead atoms. The summed E-state index contributed by atoms with van der Waals surface area (Å²) in [4.78, 5) is 26.1. The number of hydrogen-bond donors (Lipinski definition) is 3. The monoisotopic (exact) mass is 330 g/mol. The normalized spacial score (nSPS) is 23.3. The number of nitrogens with one attached hydrogen (secondary N) is 3. The molecule has 3 N–H and O–H groups in total. The van der Waals surface area contributed by atoms with Crippen LogP contribution in [0.1, 0.15) is 30.9 Å². The van der Waals surface area contributed by atoms with Crippen LogP contribution in [0, 0.1) is 0 Å². The first-order valence-electron chi connectivity index (χ1n) is 8.74. The van der Waals surface area contributed by atoms with E-state index in [1.54, 1.807) is 4.90 Å². The van der Waals surface area contributed by atoms with Gasteiger partial charge in [0, 0.05) is 25.2 Å². The first-order valence-corrected chi connectivity index (χ1v) is 8.74. The number of nitrogens with zero attached hydrogens (tertiary/aromatic N) is 1. The van der Waals surface area contributed by atoms with Gasteiger partial charge in [0.15, 0.2) is 0 Å². The van der Waals surface area contributed by atoms with Gasteiger partial charge in [-0.1, -0.05) is 24.3 Å². The molecule has 2 atom stereocenters. The van der Waals surface area contributed by atoms with Gasteiger partial charge in [-0.2, -0.15) is 0 Å². The molecule has 3 rings (SSSR count). The van der Waals surface area contributed by atoms with Gasteiger partial charge in [0.1, 0.15) is 0 Å². The Morgan fingerprint density at radius 2 is 2.08 bits per heavy atom. The highest BCUT2D eigenvalue weighted by Crippen LogP contribution is 2.18. The quantitative estimate of drug-likeness (QED) is 0.774. The van der Waals surface area contributed by atoms with Crippen LogP contribution in [-0.4, -0.2) is 48.6 Å². The molecule has 0 saturated carbocycles. The van der Waals surface area contributed by atoms with Crippen LogP contribution in [0.25, 0.3) is 0 Å². The molecule has 6 nitrogen and oxygen atoms in total. The maximum atomic E-state index is 12.3. The lowest BCUT2D eigenvalue weighted by Gasteiger charge is -2.30. The summed E-state index contributed by atoms with van der Waals surface area (Å²) >= 11 is 0. The zero-order chi connectivity index (χ0) is 16.9. The van der Waals surface area contributed by atoms with Crippen LogP contribution >= 0.6 is 0 Å². The summed E-state index contributed by atoms with van der Waals surface area (Å²) in [6, 6.07) is 8.64. The zero-order valence-corrected chi connectivity index (χ0v) is 14.2. The average Bonchev–Trinajstić information content (AvgIpc) is 2.59. The minimum atomic E-state index is -0.168. The Bertz CT molecular complexity index is 604. The van der Waals surface area contributed by atoms with E-state index in [2.05, 4.69) is 35.0 Å². The minimum Gasteiger partial charge on any atom is -0.352 e. The number of carbonyl (C=O) groups is 2. The molecule has 0 spiro atoms. The molecule has 2 aliphatic rings. The summed E-state index contributed by atoms with van der Waals surface area (Å²) in [5.74, 6) is -0.111. The Kier molecular flexibility index (Phi) is 5.35. The molecule has 3 amide bonds. The van der Waals surface area contributed by atoms with E-state index in [-0.39, 0.29) is 24.5 Å². The lowest BCUT2D eigenvalue weighted by molar-refractivity contribution is -0.121. The molecule has 1 aromatic rings. The molecule has 0 aliphatic carbocycles. The Balaban J connectivity index is 1.43. The van der Waals surface area contributed by atoms with Crippen molar-refractivity contribution in [1.82, 2.24) is 20.9 Å². The second-order valence-corrected chi connectivity index (χ2v) is 6.74. The van der Waals surface area contributed by atoms with E-state index in [4.69, 9.17) is 0 Å². The summed E-state index contributed by atoms with van der Waals surface area (Å²) in [5.41, 5.74) is 2.49. The fraction of sp³-hybridized carbons (Fsp3) is 0.556. The van der Waals surface area contributed by atoms with Crippen molar-refractivity contribution in [2.45, 2.75) is 44.8 Å². The first-order chi connectivity index (χ1) is 11.6. The molecular formula is C18H26N4O2. The number of amides is 3. The molecule has 0 radical (unpaired) electrons. The van der Waals surface area contributed by atoms with E-state index in [1.165, 1.54) is 11.1 Å². The van der Waals surface area contributed by atoms with Crippen LogP contribution in [0.5, 0.6) is 0 Å². The summed E-state index contributed by atoms with van der Waals surface area (Å²) in [7, 11) is 0. The summed E-state index contributed by atoms with van der Waals surface area (Å²) in [6.45, 7) is 4.38. The van der Waals surface area contributed by atoms with Crippen molar-refractivity contribution in [3.8, 4) is 0 Å². The predicted octanol–water partition coefficient (Wildman–Crippen LogP) is 1.01. The van der Waals surface area contributed by atoms with Crippen LogP contribution in [0.4, 0.5) is 4.79 Å². The SMILES string of the molecule is CC1CC(NC(=O)CNC(=O)N2CCc3ccccc3C2)CCN1. The van der Waals surface area contributed by atoms with E-state index in [0.29, 0.717) is 19.1 Å². The summed E-state index contributed by atoms with van der Waals surface area (Å²) in [5, 5.41) is 9.11. The molecule has 24 heavy (non-hydrogen) atoms. The highest BCUT2D eigenvalue weighted by Gasteiger charge is 2.22. The van der Waals surface area contributed by atoms with E-state index >= 15 is 0 Å². The Labute approximate surface area is 143 Å². The Hall–Kier alpha value is -2.08.